The smallest absolute Gasteiger partial charge is 0.294 e. The number of hydrogen-bond donors (Lipinski definition) is 1. The summed E-state index contributed by atoms with van der Waals surface area (Å²) >= 11 is 0. The number of anilines is 1. The summed E-state index contributed by atoms with van der Waals surface area (Å²) in [5.74, 6) is -0.450. The molecule has 3 rings (SSSR count). The highest BCUT2D eigenvalue weighted by atomic mass is 16.5. The molecule has 1 atom stereocenters. The number of aliphatic hydroxyl groups excluding tert-OH is 1. The lowest BCUT2D eigenvalue weighted by Gasteiger charge is -2.25. The summed E-state index contributed by atoms with van der Waals surface area (Å²) in [6.45, 7) is 4.04. The minimum absolute atomic E-state index is 0.0595. The summed E-state index contributed by atoms with van der Waals surface area (Å²) in [4.78, 5) is 26.4. The highest BCUT2D eigenvalue weighted by molar-refractivity contribution is 6.16. The number of aliphatic hydroxyl groups is 1. The van der Waals surface area contributed by atoms with Gasteiger partial charge in [0.25, 0.3) is 5.91 Å². The highest BCUT2D eigenvalue weighted by Gasteiger charge is 2.45. The Morgan fingerprint density at radius 1 is 1.28 bits per heavy atom. The van der Waals surface area contributed by atoms with Crippen molar-refractivity contribution in [2.24, 2.45) is 0 Å². The average Bonchev–Trinajstić information content (AvgIpc) is 3.22. The number of rotatable bonds is 6. The normalized spacial score (nSPS) is 17.3. The van der Waals surface area contributed by atoms with Gasteiger partial charge >= 0.3 is 0 Å². The second-order valence-electron chi connectivity index (χ2n) is 5.56. The Balaban J connectivity index is 2.11. The van der Waals surface area contributed by atoms with Gasteiger partial charge in [0.15, 0.2) is 11.5 Å². The molecule has 1 N–H and O–H groups in total. The molecule has 0 saturated carbocycles. The van der Waals surface area contributed by atoms with Crippen LogP contribution in [0.4, 0.5) is 5.69 Å². The molecule has 1 aliphatic heterocycles. The van der Waals surface area contributed by atoms with Crippen molar-refractivity contribution in [3.05, 3.63) is 59.8 Å². The molecular weight excluding hydrogens is 322 g/mol. The third kappa shape index (κ3) is 2.91. The largest absolute Gasteiger partial charge is 0.503 e. The number of furan rings is 1. The van der Waals surface area contributed by atoms with Gasteiger partial charge in [0, 0.05) is 18.2 Å². The quantitative estimate of drug-likeness (QED) is 0.869. The van der Waals surface area contributed by atoms with Crippen LogP contribution in [0.3, 0.4) is 0 Å². The van der Waals surface area contributed by atoms with Gasteiger partial charge in [-0.05, 0) is 31.2 Å². The molecule has 1 amide bonds. The van der Waals surface area contributed by atoms with Crippen LogP contribution >= 0.6 is 0 Å². The van der Waals surface area contributed by atoms with E-state index in [0.717, 1.165) is 0 Å². The van der Waals surface area contributed by atoms with Crippen LogP contribution in [0, 0.1) is 0 Å². The standard InChI is InChI=1S/C19H19NO5/c1-3-14(21)16-17(15-9-6-10-25-15)20(19(23)18(16)22)12-7-5-8-13(11-12)24-4-2/h5-11,17,22H,3-4H2,1-2H3. The van der Waals surface area contributed by atoms with E-state index in [-0.39, 0.29) is 17.8 Å². The second-order valence-corrected chi connectivity index (χ2v) is 5.56. The summed E-state index contributed by atoms with van der Waals surface area (Å²) in [6, 6.07) is 9.51. The fourth-order valence-corrected chi connectivity index (χ4v) is 2.95. The van der Waals surface area contributed by atoms with Gasteiger partial charge in [-0.15, -0.1) is 0 Å². The van der Waals surface area contributed by atoms with E-state index < -0.39 is 17.7 Å². The molecule has 0 saturated heterocycles. The molecule has 0 aliphatic carbocycles. The maximum atomic E-state index is 12.7. The number of carbonyl (C=O) groups is 2. The molecule has 1 aromatic carbocycles. The molecule has 1 aliphatic rings. The predicted molar refractivity (Wildman–Crippen MR) is 91.5 cm³/mol. The van der Waals surface area contributed by atoms with Crippen LogP contribution in [-0.2, 0) is 9.59 Å². The molecule has 0 bridgehead atoms. The van der Waals surface area contributed by atoms with Crippen LogP contribution in [0.1, 0.15) is 32.1 Å². The van der Waals surface area contributed by atoms with E-state index in [9.17, 15) is 14.7 Å². The van der Waals surface area contributed by atoms with Gasteiger partial charge in [-0.25, -0.2) is 0 Å². The first kappa shape index (κ1) is 16.8. The minimum atomic E-state index is -0.799. The van der Waals surface area contributed by atoms with Crippen LogP contribution in [0.15, 0.2) is 58.4 Å². The SMILES string of the molecule is CCOc1cccc(N2C(=O)C(O)=C(C(=O)CC)C2c2ccco2)c1. The van der Waals surface area contributed by atoms with Crippen LogP contribution in [0.2, 0.25) is 0 Å². The molecule has 2 heterocycles. The minimum Gasteiger partial charge on any atom is -0.503 e. The molecule has 25 heavy (non-hydrogen) atoms. The van der Waals surface area contributed by atoms with Crippen molar-refractivity contribution in [2.75, 3.05) is 11.5 Å². The van der Waals surface area contributed by atoms with E-state index in [0.29, 0.717) is 23.8 Å². The van der Waals surface area contributed by atoms with Crippen molar-refractivity contribution in [3.63, 3.8) is 0 Å². The molecule has 130 valence electrons. The number of Topliss-reactive ketones (excluding diaryl/α,β-unsaturated/α-hetero) is 1. The monoisotopic (exact) mass is 341 g/mol. The number of benzene rings is 1. The summed E-state index contributed by atoms with van der Waals surface area (Å²) in [6.07, 6.45) is 1.65. The third-order valence-electron chi connectivity index (χ3n) is 4.05. The summed E-state index contributed by atoms with van der Waals surface area (Å²) in [7, 11) is 0. The fraction of sp³-hybridized carbons (Fsp3) is 0.263. The Bertz CT molecular complexity index is 822. The molecule has 2 aromatic rings. The third-order valence-corrected chi connectivity index (χ3v) is 4.05. The number of ether oxygens (including phenoxy) is 1. The van der Waals surface area contributed by atoms with Gasteiger partial charge < -0.3 is 14.3 Å². The van der Waals surface area contributed by atoms with Gasteiger partial charge in [-0.2, -0.15) is 0 Å². The first-order valence-corrected chi connectivity index (χ1v) is 8.14. The molecule has 0 radical (unpaired) electrons. The number of nitrogens with zero attached hydrogens (tertiary/aromatic N) is 1. The lowest BCUT2D eigenvalue weighted by atomic mass is 9.99. The Morgan fingerprint density at radius 3 is 2.72 bits per heavy atom. The average molecular weight is 341 g/mol. The molecule has 0 spiro atoms. The number of ketones is 1. The zero-order chi connectivity index (χ0) is 18.0. The molecule has 6 nitrogen and oxygen atoms in total. The van der Waals surface area contributed by atoms with Gasteiger partial charge in [0.2, 0.25) is 0 Å². The van der Waals surface area contributed by atoms with Crippen molar-refractivity contribution in [1.82, 2.24) is 0 Å². The summed E-state index contributed by atoms with van der Waals surface area (Å²) in [5.41, 5.74) is 0.576. The number of hydrogen-bond acceptors (Lipinski definition) is 5. The fourth-order valence-electron chi connectivity index (χ4n) is 2.95. The number of amides is 1. The van der Waals surface area contributed by atoms with Gasteiger partial charge in [-0.1, -0.05) is 13.0 Å². The van der Waals surface area contributed by atoms with Crippen molar-refractivity contribution < 1.29 is 23.8 Å². The lowest BCUT2D eigenvalue weighted by Crippen LogP contribution is -2.30. The number of carbonyl (C=O) groups excluding carboxylic acids is 2. The van der Waals surface area contributed by atoms with Crippen LogP contribution in [0.5, 0.6) is 5.75 Å². The molecule has 1 aromatic heterocycles. The summed E-state index contributed by atoms with van der Waals surface area (Å²) in [5, 5.41) is 10.3. The first-order chi connectivity index (χ1) is 12.1. The van der Waals surface area contributed by atoms with E-state index in [1.54, 1.807) is 43.3 Å². The van der Waals surface area contributed by atoms with Crippen LogP contribution < -0.4 is 9.64 Å². The van der Waals surface area contributed by atoms with E-state index in [1.807, 2.05) is 6.92 Å². The maximum absolute atomic E-state index is 12.7. The highest BCUT2D eigenvalue weighted by Crippen LogP contribution is 2.42. The van der Waals surface area contributed by atoms with E-state index in [4.69, 9.17) is 9.15 Å². The van der Waals surface area contributed by atoms with Crippen LogP contribution in [-0.4, -0.2) is 23.4 Å². The Hall–Kier alpha value is -3.02. The van der Waals surface area contributed by atoms with Crippen molar-refractivity contribution in [3.8, 4) is 5.75 Å². The Labute approximate surface area is 145 Å². The van der Waals surface area contributed by atoms with E-state index in [1.165, 1.54) is 11.2 Å². The van der Waals surface area contributed by atoms with Crippen molar-refractivity contribution >= 4 is 17.4 Å². The van der Waals surface area contributed by atoms with Gasteiger partial charge in [-0.3, -0.25) is 14.5 Å². The Morgan fingerprint density at radius 2 is 2.08 bits per heavy atom. The second kappa shape index (κ2) is 6.84. The topological polar surface area (TPSA) is 80.0 Å². The Kier molecular flexibility index (Phi) is 4.61. The first-order valence-electron chi connectivity index (χ1n) is 8.14. The van der Waals surface area contributed by atoms with Gasteiger partial charge in [0.05, 0.1) is 18.4 Å². The zero-order valence-corrected chi connectivity index (χ0v) is 14.1. The lowest BCUT2D eigenvalue weighted by molar-refractivity contribution is -0.118. The molecule has 6 heteroatoms. The van der Waals surface area contributed by atoms with Gasteiger partial charge in [0.1, 0.15) is 17.6 Å². The maximum Gasteiger partial charge on any atom is 0.294 e. The van der Waals surface area contributed by atoms with Crippen molar-refractivity contribution in [2.45, 2.75) is 26.3 Å². The molecule has 0 fully saturated rings. The van der Waals surface area contributed by atoms with Crippen molar-refractivity contribution in [1.29, 1.82) is 0 Å². The molecule has 1 unspecified atom stereocenters. The molecular formula is C19H19NO5. The van der Waals surface area contributed by atoms with E-state index >= 15 is 0 Å². The van der Waals surface area contributed by atoms with Crippen LogP contribution in [0.25, 0.3) is 0 Å². The predicted octanol–water partition coefficient (Wildman–Crippen LogP) is 3.56. The van der Waals surface area contributed by atoms with E-state index in [2.05, 4.69) is 0 Å². The summed E-state index contributed by atoms with van der Waals surface area (Å²) < 4.78 is 10.9. The zero-order valence-electron chi connectivity index (χ0n) is 14.1.